The fourth-order valence-electron chi connectivity index (χ4n) is 3.79. The summed E-state index contributed by atoms with van der Waals surface area (Å²) in [6.07, 6.45) is 3.47. The number of hydrogen-bond donors (Lipinski definition) is 0. The Kier molecular flexibility index (Phi) is 5.30. The van der Waals surface area contributed by atoms with Gasteiger partial charge in [-0.2, -0.15) is 0 Å². The van der Waals surface area contributed by atoms with Crippen molar-refractivity contribution in [3.05, 3.63) is 92.5 Å². The van der Waals surface area contributed by atoms with E-state index in [1.807, 2.05) is 23.7 Å². The lowest BCUT2D eigenvalue weighted by Crippen LogP contribution is -2.41. The molecule has 9 nitrogen and oxygen atoms in total. The number of nitro groups is 1. The molecule has 0 aliphatic carbocycles. The number of imide groups is 1. The second kappa shape index (κ2) is 7.93. The van der Waals surface area contributed by atoms with E-state index in [1.165, 1.54) is 18.2 Å². The molecule has 0 saturated heterocycles. The molecule has 1 atom stereocenters. The van der Waals surface area contributed by atoms with E-state index in [2.05, 4.69) is 4.98 Å². The number of carbonyl (C=O) groups is 2. The van der Waals surface area contributed by atoms with Crippen LogP contribution in [0.25, 0.3) is 0 Å². The van der Waals surface area contributed by atoms with Gasteiger partial charge in [-0.1, -0.05) is 29.8 Å². The van der Waals surface area contributed by atoms with Crippen molar-refractivity contribution in [2.45, 2.75) is 6.04 Å². The Hall–Kier alpha value is -3.56. The summed E-state index contributed by atoms with van der Waals surface area (Å²) < 4.78 is 1.85. The van der Waals surface area contributed by atoms with Crippen LogP contribution < -0.4 is 0 Å². The van der Waals surface area contributed by atoms with Gasteiger partial charge in [0.15, 0.2) is 0 Å². The maximum absolute atomic E-state index is 13.0. The predicted molar refractivity (Wildman–Crippen MR) is 113 cm³/mol. The highest BCUT2D eigenvalue weighted by atomic mass is 35.5. The largest absolute Gasteiger partial charge is 0.336 e. The predicted octanol–water partition coefficient (Wildman–Crippen LogP) is 3.26. The average Bonchev–Trinajstić information content (AvgIpc) is 3.26. The van der Waals surface area contributed by atoms with Crippen LogP contribution in [0.3, 0.4) is 0 Å². The first kappa shape index (κ1) is 20.7. The van der Waals surface area contributed by atoms with Gasteiger partial charge in [0.2, 0.25) is 0 Å². The molecule has 1 aliphatic rings. The van der Waals surface area contributed by atoms with Crippen LogP contribution in [0.4, 0.5) is 5.69 Å². The van der Waals surface area contributed by atoms with E-state index in [4.69, 9.17) is 11.6 Å². The van der Waals surface area contributed by atoms with Gasteiger partial charge in [0.05, 0.1) is 23.2 Å². The molecule has 158 valence electrons. The lowest BCUT2D eigenvalue weighted by atomic mass is 10.1. The second-order valence-electron chi connectivity index (χ2n) is 7.24. The summed E-state index contributed by atoms with van der Waals surface area (Å²) in [4.78, 5) is 43.8. The SMILES string of the molecule is CN(CN1C(=O)c2cccc([N+](=O)[O-])c2C1=O)[C@@H](c1ccc(Cl)cc1)c1nccn1C. The van der Waals surface area contributed by atoms with Crippen molar-refractivity contribution in [3.8, 4) is 0 Å². The highest BCUT2D eigenvalue weighted by Gasteiger charge is 2.42. The second-order valence-corrected chi connectivity index (χ2v) is 7.68. The van der Waals surface area contributed by atoms with Crippen LogP contribution in [0.5, 0.6) is 0 Å². The Morgan fingerprint density at radius 3 is 2.48 bits per heavy atom. The highest BCUT2D eigenvalue weighted by molar-refractivity contribution is 6.30. The minimum absolute atomic E-state index is 0.0348. The molecule has 0 unspecified atom stereocenters. The van der Waals surface area contributed by atoms with Gasteiger partial charge in [-0.05, 0) is 30.8 Å². The molecule has 0 radical (unpaired) electrons. The first-order chi connectivity index (χ1) is 14.8. The van der Waals surface area contributed by atoms with Crippen molar-refractivity contribution in [1.29, 1.82) is 0 Å². The summed E-state index contributed by atoms with van der Waals surface area (Å²) in [5, 5.41) is 11.9. The summed E-state index contributed by atoms with van der Waals surface area (Å²) in [6.45, 7) is -0.0797. The molecule has 0 N–H and O–H groups in total. The molecule has 4 rings (SSSR count). The zero-order valence-corrected chi connectivity index (χ0v) is 17.5. The molecule has 0 saturated carbocycles. The number of benzene rings is 2. The lowest BCUT2D eigenvalue weighted by molar-refractivity contribution is -0.385. The zero-order chi connectivity index (χ0) is 22.3. The number of nitro benzene ring substituents is 1. The van der Waals surface area contributed by atoms with Crippen molar-refractivity contribution in [3.63, 3.8) is 0 Å². The summed E-state index contributed by atoms with van der Waals surface area (Å²) >= 11 is 6.03. The van der Waals surface area contributed by atoms with Crippen LogP contribution in [0, 0.1) is 10.1 Å². The third kappa shape index (κ3) is 3.58. The Bertz CT molecular complexity index is 1190. The van der Waals surface area contributed by atoms with E-state index in [0.29, 0.717) is 10.8 Å². The number of nitrogens with zero attached hydrogens (tertiary/aromatic N) is 5. The highest BCUT2D eigenvalue weighted by Crippen LogP contribution is 2.33. The number of amides is 2. The monoisotopic (exact) mass is 439 g/mol. The Morgan fingerprint density at radius 2 is 1.87 bits per heavy atom. The first-order valence-corrected chi connectivity index (χ1v) is 9.74. The molecule has 0 bridgehead atoms. The summed E-state index contributed by atoms with van der Waals surface area (Å²) in [7, 11) is 3.61. The van der Waals surface area contributed by atoms with Gasteiger partial charge >= 0.3 is 0 Å². The van der Waals surface area contributed by atoms with Crippen molar-refractivity contribution >= 4 is 29.1 Å². The molecule has 0 spiro atoms. The fourth-order valence-corrected chi connectivity index (χ4v) is 3.91. The van der Waals surface area contributed by atoms with E-state index < -0.39 is 22.8 Å². The van der Waals surface area contributed by atoms with Crippen LogP contribution in [0.2, 0.25) is 5.02 Å². The normalized spacial score (nSPS) is 14.3. The summed E-state index contributed by atoms with van der Waals surface area (Å²) in [5.74, 6) is -0.550. The molecule has 0 fully saturated rings. The maximum atomic E-state index is 13.0. The van der Waals surface area contributed by atoms with Gasteiger partial charge < -0.3 is 4.57 Å². The molecular formula is C21H18ClN5O4. The molecule has 2 aromatic carbocycles. The minimum Gasteiger partial charge on any atom is -0.336 e. The van der Waals surface area contributed by atoms with Gasteiger partial charge in [0.1, 0.15) is 11.4 Å². The van der Waals surface area contributed by atoms with Crippen LogP contribution in [-0.2, 0) is 7.05 Å². The Balaban J connectivity index is 1.69. The number of hydrogen-bond acceptors (Lipinski definition) is 6. The molecular weight excluding hydrogens is 422 g/mol. The third-order valence-corrected chi connectivity index (χ3v) is 5.52. The number of halogens is 1. The van der Waals surface area contributed by atoms with Crippen molar-refractivity contribution in [1.82, 2.24) is 19.4 Å². The lowest BCUT2D eigenvalue weighted by Gasteiger charge is -2.30. The summed E-state index contributed by atoms with van der Waals surface area (Å²) in [5.41, 5.74) is 0.349. The minimum atomic E-state index is -0.686. The number of aryl methyl sites for hydroxylation is 1. The number of fused-ring (bicyclic) bond motifs is 1. The fraction of sp³-hybridized carbons (Fsp3) is 0.190. The smallest absolute Gasteiger partial charge is 0.282 e. The maximum Gasteiger partial charge on any atom is 0.282 e. The third-order valence-electron chi connectivity index (χ3n) is 5.27. The van der Waals surface area contributed by atoms with Crippen molar-refractivity contribution in [2.75, 3.05) is 13.7 Å². The quantitative estimate of drug-likeness (QED) is 0.332. The first-order valence-electron chi connectivity index (χ1n) is 9.36. The van der Waals surface area contributed by atoms with Crippen LogP contribution in [0.15, 0.2) is 54.9 Å². The number of carbonyl (C=O) groups excluding carboxylic acids is 2. The van der Waals surface area contributed by atoms with Crippen molar-refractivity contribution < 1.29 is 14.5 Å². The van der Waals surface area contributed by atoms with Crippen molar-refractivity contribution in [2.24, 2.45) is 7.05 Å². The summed E-state index contributed by atoms with van der Waals surface area (Å²) in [6, 6.07) is 10.9. The Morgan fingerprint density at radius 1 is 1.16 bits per heavy atom. The van der Waals surface area contributed by atoms with E-state index >= 15 is 0 Å². The molecule has 2 heterocycles. The van der Waals surface area contributed by atoms with Gasteiger partial charge in [0.25, 0.3) is 17.5 Å². The van der Waals surface area contributed by atoms with E-state index in [0.717, 1.165) is 10.5 Å². The van der Waals surface area contributed by atoms with E-state index in [-0.39, 0.29) is 23.5 Å². The molecule has 3 aromatic rings. The van der Waals surface area contributed by atoms with E-state index in [1.54, 1.807) is 36.5 Å². The number of rotatable bonds is 6. The van der Waals surface area contributed by atoms with Gasteiger partial charge in [-0.25, -0.2) is 4.98 Å². The van der Waals surface area contributed by atoms with E-state index in [9.17, 15) is 19.7 Å². The molecule has 31 heavy (non-hydrogen) atoms. The van der Waals surface area contributed by atoms with Gasteiger partial charge in [-0.3, -0.25) is 29.5 Å². The molecule has 1 aliphatic heterocycles. The van der Waals surface area contributed by atoms with Crippen LogP contribution in [-0.4, -0.2) is 49.8 Å². The molecule has 1 aromatic heterocycles. The molecule has 10 heteroatoms. The van der Waals surface area contributed by atoms with Crippen LogP contribution >= 0.6 is 11.6 Å². The Labute approximate surface area is 182 Å². The number of aromatic nitrogens is 2. The molecule has 2 amide bonds. The van der Waals surface area contributed by atoms with Crippen LogP contribution in [0.1, 0.15) is 38.1 Å². The topological polar surface area (TPSA) is 102 Å². The van der Waals surface area contributed by atoms with Gasteiger partial charge in [0, 0.05) is 30.5 Å². The number of imidazole rings is 1. The average molecular weight is 440 g/mol. The van der Waals surface area contributed by atoms with Gasteiger partial charge in [-0.15, -0.1) is 0 Å². The standard InChI is InChI=1S/C21H18ClN5O4/c1-24-11-10-23-19(24)18(13-6-8-14(22)9-7-13)25(2)12-26-20(28)15-4-3-5-16(27(30)31)17(15)21(26)29/h3-11,18H,12H2,1-2H3/t18-/m0/s1. The zero-order valence-electron chi connectivity index (χ0n) is 16.7.